The number of aldehydes is 1. The van der Waals surface area contributed by atoms with Crippen molar-refractivity contribution in [3.63, 3.8) is 0 Å². The maximum absolute atomic E-state index is 11.4. The summed E-state index contributed by atoms with van der Waals surface area (Å²) >= 11 is 0. The Kier molecular flexibility index (Phi) is 8.19. The van der Waals surface area contributed by atoms with Gasteiger partial charge in [-0.05, 0) is 29.9 Å². The van der Waals surface area contributed by atoms with Crippen LogP contribution in [0.2, 0.25) is 0 Å². The lowest BCUT2D eigenvalue weighted by Gasteiger charge is -2.28. The molecule has 0 saturated carbocycles. The minimum atomic E-state index is -0.108. The molecule has 2 unspecified atom stereocenters. The first-order valence-corrected chi connectivity index (χ1v) is 9.50. The van der Waals surface area contributed by atoms with Crippen molar-refractivity contribution in [1.82, 2.24) is 15.1 Å². The molecule has 0 aliphatic heterocycles. The molecular formula is C21H30N4O3. The fourth-order valence-corrected chi connectivity index (χ4v) is 3.48. The monoisotopic (exact) mass is 386 g/mol. The van der Waals surface area contributed by atoms with Gasteiger partial charge >= 0.3 is 0 Å². The van der Waals surface area contributed by atoms with Gasteiger partial charge in [-0.1, -0.05) is 42.4 Å². The van der Waals surface area contributed by atoms with Crippen LogP contribution < -0.4 is 5.32 Å². The van der Waals surface area contributed by atoms with E-state index in [1.165, 1.54) is 0 Å². The summed E-state index contributed by atoms with van der Waals surface area (Å²) in [6.07, 6.45) is 3.50. The third-order valence-corrected chi connectivity index (χ3v) is 5.30. The number of carbonyl (C=O) groups is 1. The first-order chi connectivity index (χ1) is 13.5. The molecule has 0 radical (unpaired) electrons. The van der Waals surface area contributed by atoms with E-state index in [9.17, 15) is 4.79 Å². The Morgan fingerprint density at radius 1 is 1.36 bits per heavy atom. The number of aryl methyl sites for hydroxylation is 1. The second-order valence-corrected chi connectivity index (χ2v) is 7.00. The summed E-state index contributed by atoms with van der Waals surface area (Å²) in [5, 5.41) is 19.7. The first-order valence-electron chi connectivity index (χ1n) is 9.50. The van der Waals surface area contributed by atoms with Gasteiger partial charge in [-0.2, -0.15) is 5.10 Å². The number of aromatic nitrogens is 2. The molecule has 1 aromatic carbocycles. The van der Waals surface area contributed by atoms with Gasteiger partial charge in [-0.25, -0.2) is 0 Å². The number of nitrogens with zero attached hydrogens (tertiary/aromatic N) is 3. The molecule has 2 aromatic rings. The van der Waals surface area contributed by atoms with Crippen LogP contribution in [0.1, 0.15) is 43.0 Å². The molecule has 152 valence electrons. The Morgan fingerprint density at radius 3 is 2.68 bits per heavy atom. The van der Waals surface area contributed by atoms with E-state index < -0.39 is 0 Å². The lowest BCUT2D eigenvalue weighted by molar-refractivity contribution is -0.110. The van der Waals surface area contributed by atoms with Crippen molar-refractivity contribution in [3.05, 3.63) is 53.3 Å². The van der Waals surface area contributed by atoms with Crippen LogP contribution in [-0.4, -0.2) is 40.3 Å². The summed E-state index contributed by atoms with van der Waals surface area (Å²) < 4.78 is 7.87. The maximum atomic E-state index is 11.4. The smallest absolute Gasteiger partial charge is 0.147 e. The highest BCUT2D eigenvalue weighted by Crippen LogP contribution is 2.33. The maximum Gasteiger partial charge on any atom is 0.147 e. The molecule has 7 nitrogen and oxygen atoms in total. The molecule has 7 heteroatoms. The molecule has 0 aliphatic carbocycles. The number of rotatable bonds is 10. The fraction of sp³-hybridized carbons (Fsp3) is 0.476. The molecule has 2 N–H and O–H groups in total. The number of oxime groups is 1. The van der Waals surface area contributed by atoms with Gasteiger partial charge in [0.25, 0.3) is 0 Å². The van der Waals surface area contributed by atoms with E-state index in [4.69, 9.17) is 9.94 Å². The standard InChI is InChI=1S/C21H30N4O3/c1-15(19-13-23-25(4)20(19)12-21(22-3)24-27)18(10-11-26)16(2)28-14-17-8-6-5-7-9-17/h5-9,11,13,15-16,18,27H,10,12,14H2,1-4H3,(H,22,24)/t15-,16?,18?/m0/s1. The van der Waals surface area contributed by atoms with Crippen LogP contribution in [-0.2, 0) is 29.6 Å². The van der Waals surface area contributed by atoms with Crippen LogP contribution in [0, 0.1) is 5.92 Å². The van der Waals surface area contributed by atoms with E-state index in [0.29, 0.717) is 25.3 Å². The van der Waals surface area contributed by atoms with Gasteiger partial charge in [0.2, 0.25) is 0 Å². The Labute approximate surface area is 166 Å². The summed E-state index contributed by atoms with van der Waals surface area (Å²) in [4.78, 5) is 11.4. The normalized spacial score (nSPS) is 15.1. The van der Waals surface area contributed by atoms with Crippen molar-refractivity contribution >= 4 is 12.1 Å². The topological polar surface area (TPSA) is 88.7 Å². The van der Waals surface area contributed by atoms with E-state index in [-0.39, 0.29) is 17.9 Å². The van der Waals surface area contributed by atoms with E-state index in [1.54, 1.807) is 11.7 Å². The zero-order valence-corrected chi connectivity index (χ0v) is 17.0. The molecule has 1 aromatic heterocycles. The fourth-order valence-electron chi connectivity index (χ4n) is 3.48. The van der Waals surface area contributed by atoms with Crippen molar-refractivity contribution in [1.29, 1.82) is 0 Å². The van der Waals surface area contributed by atoms with Gasteiger partial charge in [0, 0.05) is 26.2 Å². The van der Waals surface area contributed by atoms with Gasteiger partial charge < -0.3 is 20.1 Å². The number of hydrogen-bond donors (Lipinski definition) is 2. The number of amidine groups is 1. The van der Waals surface area contributed by atoms with Crippen molar-refractivity contribution in [3.8, 4) is 0 Å². The Hall–Kier alpha value is -2.67. The molecular weight excluding hydrogens is 356 g/mol. The average Bonchev–Trinajstić information content (AvgIpc) is 3.08. The number of ether oxygens (including phenoxy) is 1. The summed E-state index contributed by atoms with van der Waals surface area (Å²) in [7, 11) is 3.57. The van der Waals surface area contributed by atoms with E-state index in [0.717, 1.165) is 23.1 Å². The molecule has 0 saturated heterocycles. The third kappa shape index (κ3) is 5.42. The Balaban J connectivity index is 2.17. The van der Waals surface area contributed by atoms with Gasteiger partial charge in [0.1, 0.15) is 12.1 Å². The molecule has 0 amide bonds. The van der Waals surface area contributed by atoms with Crippen LogP contribution in [0.4, 0.5) is 0 Å². The number of hydrogen-bond acceptors (Lipinski definition) is 5. The quantitative estimate of drug-likeness (QED) is 0.215. The highest BCUT2D eigenvalue weighted by atomic mass is 16.5. The minimum absolute atomic E-state index is 0.00765. The number of nitrogens with one attached hydrogen (secondary N) is 1. The van der Waals surface area contributed by atoms with E-state index in [2.05, 4.69) is 22.5 Å². The molecule has 0 aliphatic rings. The lowest BCUT2D eigenvalue weighted by atomic mass is 9.82. The van der Waals surface area contributed by atoms with Crippen molar-refractivity contribution in [2.24, 2.45) is 18.1 Å². The number of likely N-dealkylation sites (N-methyl/N-ethyl adjacent to an activating group) is 1. The lowest BCUT2D eigenvalue weighted by Crippen LogP contribution is -2.28. The van der Waals surface area contributed by atoms with Gasteiger partial charge in [0.15, 0.2) is 0 Å². The van der Waals surface area contributed by atoms with Crippen molar-refractivity contribution < 1.29 is 14.7 Å². The minimum Gasteiger partial charge on any atom is -0.409 e. The van der Waals surface area contributed by atoms with Crippen LogP contribution in [0.5, 0.6) is 0 Å². The van der Waals surface area contributed by atoms with E-state index in [1.807, 2.05) is 50.5 Å². The largest absolute Gasteiger partial charge is 0.409 e. The predicted octanol–water partition coefficient (Wildman–Crippen LogP) is 2.88. The molecule has 2 rings (SSSR count). The Morgan fingerprint density at radius 2 is 2.07 bits per heavy atom. The summed E-state index contributed by atoms with van der Waals surface area (Å²) in [6.45, 7) is 4.61. The van der Waals surface area contributed by atoms with Crippen LogP contribution in [0.25, 0.3) is 0 Å². The second kappa shape index (κ2) is 10.6. The zero-order chi connectivity index (χ0) is 20.5. The number of benzene rings is 1. The molecule has 28 heavy (non-hydrogen) atoms. The van der Waals surface area contributed by atoms with Gasteiger partial charge in [0.05, 0.1) is 25.3 Å². The highest BCUT2D eigenvalue weighted by molar-refractivity contribution is 5.83. The second-order valence-electron chi connectivity index (χ2n) is 7.00. The summed E-state index contributed by atoms with van der Waals surface area (Å²) in [5.74, 6) is 0.516. The molecule has 0 spiro atoms. The molecule has 3 atom stereocenters. The SMILES string of the molecule is CN/C(Cc1c([C@@H](C)C(CC=O)C(C)OCc2ccccc2)cnn1C)=N\O. The average molecular weight is 386 g/mol. The summed E-state index contributed by atoms with van der Waals surface area (Å²) in [5.41, 5.74) is 3.08. The van der Waals surface area contributed by atoms with Crippen LogP contribution in [0.3, 0.4) is 0 Å². The first kappa shape index (κ1) is 21.6. The molecule has 1 heterocycles. The summed E-state index contributed by atoms with van der Waals surface area (Å²) in [6, 6.07) is 10.00. The van der Waals surface area contributed by atoms with Crippen molar-refractivity contribution in [2.75, 3.05) is 7.05 Å². The van der Waals surface area contributed by atoms with Gasteiger partial charge in [-0.3, -0.25) is 4.68 Å². The van der Waals surface area contributed by atoms with Crippen molar-refractivity contribution in [2.45, 2.75) is 45.3 Å². The molecule has 0 fully saturated rings. The van der Waals surface area contributed by atoms with E-state index >= 15 is 0 Å². The third-order valence-electron chi connectivity index (χ3n) is 5.30. The van der Waals surface area contributed by atoms with Crippen LogP contribution in [0.15, 0.2) is 41.7 Å². The molecule has 0 bridgehead atoms. The number of carbonyl (C=O) groups excluding carboxylic acids is 1. The zero-order valence-electron chi connectivity index (χ0n) is 17.0. The van der Waals surface area contributed by atoms with Gasteiger partial charge in [-0.15, -0.1) is 0 Å². The Bertz CT molecular complexity index is 773. The van der Waals surface area contributed by atoms with Crippen LogP contribution >= 0.6 is 0 Å². The highest BCUT2D eigenvalue weighted by Gasteiger charge is 2.28. The predicted molar refractivity (Wildman–Crippen MR) is 108 cm³/mol.